The SMILES string of the molecule is C/C(=N/NC(=O)c1cc(-c2ccc(Cl)cc2Cl)n[nH]1)c1ccncc1. The summed E-state index contributed by atoms with van der Waals surface area (Å²) in [5.74, 6) is -0.405. The number of carbonyl (C=O) groups is 1. The number of rotatable bonds is 4. The molecule has 8 heteroatoms. The van der Waals surface area contributed by atoms with Gasteiger partial charge in [0, 0.05) is 28.5 Å². The number of nitrogens with zero attached hydrogens (tertiary/aromatic N) is 3. The summed E-state index contributed by atoms with van der Waals surface area (Å²) in [4.78, 5) is 16.1. The molecular formula is C17H13Cl2N5O. The molecular weight excluding hydrogens is 361 g/mol. The third-order valence-corrected chi connectivity index (χ3v) is 4.00. The molecule has 2 heterocycles. The number of pyridine rings is 1. The van der Waals surface area contributed by atoms with Crippen LogP contribution >= 0.6 is 23.2 Å². The van der Waals surface area contributed by atoms with Gasteiger partial charge in [-0.3, -0.25) is 14.9 Å². The summed E-state index contributed by atoms with van der Waals surface area (Å²) in [5.41, 5.74) is 5.51. The molecule has 0 saturated heterocycles. The average molecular weight is 374 g/mol. The number of amides is 1. The van der Waals surface area contributed by atoms with Gasteiger partial charge in [0.2, 0.25) is 0 Å². The number of aromatic amines is 1. The first-order chi connectivity index (χ1) is 12.0. The normalized spacial score (nSPS) is 11.4. The zero-order chi connectivity index (χ0) is 17.8. The predicted molar refractivity (Wildman–Crippen MR) is 98.0 cm³/mol. The van der Waals surface area contributed by atoms with Crippen molar-refractivity contribution in [2.24, 2.45) is 5.10 Å². The first-order valence-corrected chi connectivity index (χ1v) is 8.06. The van der Waals surface area contributed by atoms with Gasteiger partial charge in [-0.15, -0.1) is 0 Å². The van der Waals surface area contributed by atoms with Gasteiger partial charge in [-0.25, -0.2) is 5.43 Å². The Kier molecular flexibility index (Phi) is 5.11. The largest absolute Gasteiger partial charge is 0.289 e. The molecule has 2 aromatic heterocycles. The van der Waals surface area contributed by atoms with Crippen LogP contribution in [0, 0.1) is 0 Å². The van der Waals surface area contributed by atoms with Gasteiger partial charge in [0.05, 0.1) is 16.4 Å². The van der Waals surface area contributed by atoms with Crippen molar-refractivity contribution < 1.29 is 4.79 Å². The number of nitrogens with one attached hydrogen (secondary N) is 2. The Labute approximate surface area is 153 Å². The number of aromatic nitrogens is 3. The minimum atomic E-state index is -0.405. The van der Waals surface area contributed by atoms with Crippen LogP contribution < -0.4 is 5.43 Å². The maximum absolute atomic E-state index is 12.2. The molecule has 126 valence electrons. The van der Waals surface area contributed by atoms with E-state index in [9.17, 15) is 4.79 Å². The van der Waals surface area contributed by atoms with E-state index in [4.69, 9.17) is 23.2 Å². The molecule has 0 unspecified atom stereocenters. The first-order valence-electron chi connectivity index (χ1n) is 7.30. The molecule has 1 amide bonds. The Hall–Kier alpha value is -2.70. The number of hydrazone groups is 1. The number of benzene rings is 1. The lowest BCUT2D eigenvalue weighted by Gasteiger charge is -2.01. The van der Waals surface area contributed by atoms with Gasteiger partial charge < -0.3 is 0 Å². The van der Waals surface area contributed by atoms with E-state index in [1.54, 1.807) is 43.6 Å². The van der Waals surface area contributed by atoms with E-state index in [0.717, 1.165) is 5.56 Å². The monoisotopic (exact) mass is 373 g/mol. The topological polar surface area (TPSA) is 83.0 Å². The van der Waals surface area contributed by atoms with Crippen LogP contribution in [-0.2, 0) is 0 Å². The molecule has 0 bridgehead atoms. The number of H-pyrrole nitrogens is 1. The third-order valence-electron chi connectivity index (χ3n) is 3.45. The zero-order valence-electron chi connectivity index (χ0n) is 13.1. The third kappa shape index (κ3) is 4.04. The van der Waals surface area contributed by atoms with Crippen LogP contribution in [0.15, 0.2) is 53.9 Å². The van der Waals surface area contributed by atoms with Crippen molar-refractivity contribution in [3.8, 4) is 11.3 Å². The van der Waals surface area contributed by atoms with Crippen LogP contribution in [0.2, 0.25) is 10.0 Å². The van der Waals surface area contributed by atoms with Gasteiger partial charge in [-0.2, -0.15) is 10.2 Å². The summed E-state index contributed by atoms with van der Waals surface area (Å²) < 4.78 is 0. The lowest BCUT2D eigenvalue weighted by Crippen LogP contribution is -2.19. The van der Waals surface area contributed by atoms with Crippen LogP contribution in [0.3, 0.4) is 0 Å². The quantitative estimate of drug-likeness (QED) is 0.536. The summed E-state index contributed by atoms with van der Waals surface area (Å²) in [7, 11) is 0. The Balaban J connectivity index is 1.75. The fourth-order valence-electron chi connectivity index (χ4n) is 2.13. The fourth-order valence-corrected chi connectivity index (χ4v) is 2.63. The first kappa shape index (κ1) is 17.1. The van der Waals surface area contributed by atoms with E-state index in [1.165, 1.54) is 0 Å². The Morgan fingerprint density at radius 1 is 1.16 bits per heavy atom. The van der Waals surface area contributed by atoms with Gasteiger partial charge in [0.1, 0.15) is 5.69 Å². The van der Waals surface area contributed by atoms with Crippen LogP contribution in [0.1, 0.15) is 23.0 Å². The second kappa shape index (κ2) is 7.46. The standard InChI is InChI=1S/C17H13Cl2N5O/c1-10(11-4-6-20-7-5-11)21-24-17(25)16-9-15(22-23-16)13-3-2-12(18)8-14(13)19/h2-9H,1H3,(H,22,23)(H,24,25)/b21-10-. The second-order valence-corrected chi connectivity index (χ2v) is 6.01. The molecule has 2 N–H and O–H groups in total. The highest BCUT2D eigenvalue weighted by molar-refractivity contribution is 6.36. The predicted octanol–water partition coefficient (Wildman–Crippen LogP) is 3.93. The fraction of sp³-hybridized carbons (Fsp3) is 0.0588. The minimum Gasteiger partial charge on any atom is -0.272 e. The van der Waals surface area contributed by atoms with Gasteiger partial charge >= 0.3 is 0 Å². The number of halogens is 2. The van der Waals surface area contributed by atoms with Gasteiger partial charge in [-0.1, -0.05) is 23.2 Å². The summed E-state index contributed by atoms with van der Waals surface area (Å²) in [6.07, 6.45) is 3.32. The zero-order valence-corrected chi connectivity index (χ0v) is 14.6. The van der Waals surface area contributed by atoms with Crippen LogP contribution in [0.25, 0.3) is 11.3 Å². The summed E-state index contributed by atoms with van der Waals surface area (Å²) in [6, 6.07) is 10.3. The summed E-state index contributed by atoms with van der Waals surface area (Å²) in [5, 5.41) is 11.9. The van der Waals surface area contributed by atoms with Crippen molar-refractivity contribution in [3.05, 3.63) is 70.1 Å². The van der Waals surface area contributed by atoms with Crippen molar-refractivity contribution in [1.82, 2.24) is 20.6 Å². The molecule has 0 spiro atoms. The maximum Gasteiger partial charge on any atom is 0.289 e. The molecule has 6 nitrogen and oxygen atoms in total. The highest BCUT2D eigenvalue weighted by Crippen LogP contribution is 2.29. The molecule has 0 atom stereocenters. The van der Waals surface area contributed by atoms with E-state index in [1.807, 2.05) is 12.1 Å². The Morgan fingerprint density at radius 2 is 1.92 bits per heavy atom. The van der Waals surface area contributed by atoms with Crippen molar-refractivity contribution >= 4 is 34.8 Å². The molecule has 3 rings (SSSR count). The Bertz CT molecular complexity index is 937. The lowest BCUT2D eigenvalue weighted by atomic mass is 10.1. The minimum absolute atomic E-state index is 0.271. The van der Waals surface area contributed by atoms with Gasteiger partial charge in [-0.05, 0) is 43.3 Å². The maximum atomic E-state index is 12.2. The van der Waals surface area contributed by atoms with Crippen molar-refractivity contribution in [1.29, 1.82) is 0 Å². The molecule has 1 aromatic carbocycles. The van der Waals surface area contributed by atoms with Gasteiger partial charge in [0.25, 0.3) is 5.91 Å². The lowest BCUT2D eigenvalue weighted by molar-refractivity contribution is 0.0950. The Morgan fingerprint density at radius 3 is 2.64 bits per heavy atom. The number of hydrogen-bond donors (Lipinski definition) is 2. The van der Waals surface area contributed by atoms with E-state index < -0.39 is 5.91 Å². The molecule has 0 aliphatic rings. The smallest absolute Gasteiger partial charge is 0.272 e. The molecule has 0 radical (unpaired) electrons. The van der Waals surface area contributed by atoms with E-state index in [0.29, 0.717) is 27.0 Å². The molecule has 0 fully saturated rings. The molecule has 0 saturated carbocycles. The number of hydrogen-bond acceptors (Lipinski definition) is 4. The van der Waals surface area contributed by atoms with E-state index >= 15 is 0 Å². The van der Waals surface area contributed by atoms with Crippen molar-refractivity contribution in [2.45, 2.75) is 6.92 Å². The molecule has 0 aliphatic carbocycles. The van der Waals surface area contributed by atoms with Gasteiger partial charge in [0.15, 0.2) is 0 Å². The molecule has 0 aliphatic heterocycles. The molecule has 3 aromatic rings. The van der Waals surface area contributed by atoms with E-state index in [2.05, 4.69) is 25.7 Å². The van der Waals surface area contributed by atoms with Crippen molar-refractivity contribution in [3.63, 3.8) is 0 Å². The van der Waals surface area contributed by atoms with Crippen LogP contribution in [0.4, 0.5) is 0 Å². The number of carbonyl (C=O) groups excluding carboxylic acids is 1. The summed E-state index contributed by atoms with van der Waals surface area (Å²) in [6.45, 7) is 1.79. The highest BCUT2D eigenvalue weighted by Gasteiger charge is 2.13. The van der Waals surface area contributed by atoms with Crippen molar-refractivity contribution in [2.75, 3.05) is 0 Å². The average Bonchev–Trinajstić information content (AvgIpc) is 3.10. The van der Waals surface area contributed by atoms with Crippen LogP contribution in [0.5, 0.6) is 0 Å². The molecule has 25 heavy (non-hydrogen) atoms. The second-order valence-electron chi connectivity index (χ2n) is 5.17. The van der Waals surface area contributed by atoms with E-state index in [-0.39, 0.29) is 5.69 Å². The highest BCUT2D eigenvalue weighted by atomic mass is 35.5. The van der Waals surface area contributed by atoms with Crippen LogP contribution in [-0.4, -0.2) is 26.8 Å². The summed E-state index contributed by atoms with van der Waals surface area (Å²) >= 11 is 12.0.